The summed E-state index contributed by atoms with van der Waals surface area (Å²) in [6, 6.07) is 3.99. The van der Waals surface area contributed by atoms with E-state index < -0.39 is 0 Å². The third kappa shape index (κ3) is 5.41. The van der Waals surface area contributed by atoms with Gasteiger partial charge in [-0.05, 0) is 95.3 Å². The van der Waals surface area contributed by atoms with Crippen molar-refractivity contribution in [2.75, 3.05) is 26.2 Å². The Hall–Kier alpha value is -1.77. The van der Waals surface area contributed by atoms with E-state index in [2.05, 4.69) is 55.5 Å². The second-order valence-corrected chi connectivity index (χ2v) is 12.4. The Kier molecular flexibility index (Phi) is 7.84. The minimum Gasteiger partial charge on any atom is -0.383 e. The second-order valence-electron chi connectivity index (χ2n) is 10.2. The molecule has 2 saturated heterocycles. The molecule has 5 rings (SSSR count). The lowest BCUT2D eigenvalue weighted by Crippen LogP contribution is -2.44. The fourth-order valence-electron chi connectivity index (χ4n) is 6.22. The molecule has 0 bridgehead atoms. The minimum atomic E-state index is -0.384. The van der Waals surface area contributed by atoms with E-state index in [1.807, 2.05) is 11.0 Å². The second kappa shape index (κ2) is 10.9. The molecule has 9 heteroatoms. The standard InChI is InChI=1S/C27H31Br2ClN4O2/c28-20-12-19-2-1-18-13-21(30)14-22(29)24(18)25(26(19)32-15-20)17-5-9-33(10-6-17)23(35)11-16-3-7-34(8-4-16)27(31)36/h11-15,17,25-26,32H,1-10H2,(H2,31,36)/t25-,26?/m1/s1. The number of aryl methyl sites for hydroxylation is 1. The van der Waals surface area contributed by atoms with Crippen LogP contribution in [0.25, 0.3) is 0 Å². The molecule has 1 aliphatic carbocycles. The summed E-state index contributed by atoms with van der Waals surface area (Å²) < 4.78 is 2.16. The molecule has 4 aliphatic rings. The molecule has 2 atom stereocenters. The number of nitrogens with two attached hydrogens (primary N) is 1. The average molecular weight is 639 g/mol. The zero-order valence-electron chi connectivity index (χ0n) is 20.1. The van der Waals surface area contributed by atoms with Crippen LogP contribution in [-0.4, -0.2) is 54.0 Å². The number of amides is 3. The number of nitrogens with one attached hydrogen (secondary N) is 1. The molecule has 1 unspecified atom stereocenters. The zero-order valence-corrected chi connectivity index (χ0v) is 24.0. The number of benzene rings is 1. The number of fused-ring (bicyclic) bond motifs is 2. The normalized spacial score (nSPS) is 24.6. The fraction of sp³-hybridized carbons (Fsp3) is 0.481. The molecule has 0 radical (unpaired) electrons. The van der Waals surface area contributed by atoms with Crippen LogP contribution < -0.4 is 11.1 Å². The Morgan fingerprint density at radius 1 is 1.03 bits per heavy atom. The number of dihydropyridines is 1. The summed E-state index contributed by atoms with van der Waals surface area (Å²) in [5, 5.41) is 4.45. The van der Waals surface area contributed by atoms with Gasteiger partial charge in [-0.2, -0.15) is 0 Å². The number of carbonyl (C=O) groups is 2. The van der Waals surface area contributed by atoms with Gasteiger partial charge in [-0.25, -0.2) is 4.79 Å². The first-order valence-electron chi connectivity index (χ1n) is 12.6. The molecule has 3 aliphatic heterocycles. The molecule has 6 nitrogen and oxygen atoms in total. The number of nitrogens with zero attached hydrogens (tertiary/aromatic N) is 2. The topological polar surface area (TPSA) is 78.7 Å². The Morgan fingerprint density at radius 2 is 1.75 bits per heavy atom. The van der Waals surface area contributed by atoms with Crippen molar-refractivity contribution in [2.24, 2.45) is 11.7 Å². The summed E-state index contributed by atoms with van der Waals surface area (Å²) in [4.78, 5) is 28.0. The van der Waals surface area contributed by atoms with Gasteiger partial charge >= 0.3 is 6.03 Å². The fourth-order valence-corrected chi connectivity index (χ4v) is 7.79. The Balaban J connectivity index is 1.32. The first kappa shape index (κ1) is 25.9. The molecule has 3 amide bonds. The maximum Gasteiger partial charge on any atom is 0.314 e. The van der Waals surface area contributed by atoms with Crippen LogP contribution in [0.3, 0.4) is 0 Å². The van der Waals surface area contributed by atoms with E-state index in [0.717, 1.165) is 58.3 Å². The Morgan fingerprint density at radius 3 is 2.44 bits per heavy atom. The highest BCUT2D eigenvalue weighted by molar-refractivity contribution is 9.12. The van der Waals surface area contributed by atoms with Crippen LogP contribution >= 0.6 is 43.5 Å². The third-order valence-corrected chi connectivity index (χ3v) is 9.42. The predicted molar refractivity (Wildman–Crippen MR) is 150 cm³/mol. The van der Waals surface area contributed by atoms with Crippen molar-refractivity contribution in [3.05, 3.63) is 66.7 Å². The third-order valence-electron chi connectivity index (χ3n) is 8.08. The molecule has 1 aromatic carbocycles. The van der Waals surface area contributed by atoms with E-state index in [4.69, 9.17) is 17.3 Å². The van der Waals surface area contributed by atoms with Gasteiger partial charge in [0.15, 0.2) is 0 Å². The van der Waals surface area contributed by atoms with Crippen LogP contribution in [0.5, 0.6) is 0 Å². The lowest BCUT2D eigenvalue weighted by Gasteiger charge is -2.41. The Bertz CT molecular complexity index is 1150. The monoisotopic (exact) mass is 636 g/mol. The number of rotatable bonds is 2. The summed E-state index contributed by atoms with van der Waals surface area (Å²) in [6.07, 6.45) is 11.4. The smallest absolute Gasteiger partial charge is 0.314 e. The molecule has 0 spiro atoms. The number of piperidine rings is 2. The maximum atomic E-state index is 13.1. The number of halogens is 3. The van der Waals surface area contributed by atoms with E-state index in [-0.39, 0.29) is 18.0 Å². The average Bonchev–Trinajstić information content (AvgIpc) is 3.01. The zero-order chi connectivity index (χ0) is 25.4. The molecular weight excluding hydrogens is 608 g/mol. The summed E-state index contributed by atoms with van der Waals surface area (Å²) in [5.74, 6) is 0.834. The van der Waals surface area contributed by atoms with Gasteiger partial charge in [0.1, 0.15) is 0 Å². The summed E-state index contributed by atoms with van der Waals surface area (Å²) in [6.45, 7) is 2.68. The van der Waals surface area contributed by atoms with Gasteiger partial charge in [-0.15, -0.1) is 0 Å². The number of urea groups is 1. The van der Waals surface area contributed by atoms with Gasteiger partial charge < -0.3 is 20.9 Å². The quantitative estimate of drug-likeness (QED) is 0.414. The summed E-state index contributed by atoms with van der Waals surface area (Å²) >= 11 is 13.9. The van der Waals surface area contributed by atoms with Crippen LogP contribution in [0, 0.1) is 5.92 Å². The first-order chi connectivity index (χ1) is 17.3. The van der Waals surface area contributed by atoms with E-state index in [9.17, 15) is 9.59 Å². The van der Waals surface area contributed by atoms with Gasteiger partial charge in [-0.3, -0.25) is 4.79 Å². The van der Waals surface area contributed by atoms with E-state index in [1.165, 1.54) is 16.7 Å². The van der Waals surface area contributed by atoms with Crippen LogP contribution in [0.15, 0.2) is 50.6 Å². The lowest BCUT2D eigenvalue weighted by molar-refractivity contribution is -0.127. The van der Waals surface area contributed by atoms with Crippen molar-refractivity contribution < 1.29 is 9.59 Å². The molecule has 3 N–H and O–H groups in total. The molecule has 3 heterocycles. The van der Waals surface area contributed by atoms with Gasteiger partial charge in [0.25, 0.3) is 0 Å². The van der Waals surface area contributed by atoms with Crippen molar-refractivity contribution >= 4 is 55.4 Å². The number of likely N-dealkylation sites (tertiary alicyclic amines) is 2. The number of primary amides is 1. The largest absolute Gasteiger partial charge is 0.383 e. The number of allylic oxidation sites excluding steroid dienone is 2. The highest BCUT2D eigenvalue weighted by Crippen LogP contribution is 2.47. The van der Waals surface area contributed by atoms with Crippen LogP contribution in [0.2, 0.25) is 5.02 Å². The number of hydrogen-bond donors (Lipinski definition) is 2. The van der Waals surface area contributed by atoms with Crippen LogP contribution in [0.4, 0.5) is 4.79 Å². The van der Waals surface area contributed by atoms with Crippen molar-refractivity contribution in [1.29, 1.82) is 0 Å². The first-order valence-corrected chi connectivity index (χ1v) is 14.6. The molecule has 0 saturated carbocycles. The van der Waals surface area contributed by atoms with E-state index in [0.29, 0.717) is 37.8 Å². The molecular formula is C27H31Br2ClN4O2. The predicted octanol–water partition coefficient (Wildman–Crippen LogP) is 5.61. The van der Waals surface area contributed by atoms with Gasteiger partial charge in [0, 0.05) is 58.4 Å². The number of carbonyl (C=O) groups excluding carboxylic acids is 2. The highest BCUT2D eigenvalue weighted by Gasteiger charge is 2.40. The van der Waals surface area contributed by atoms with Gasteiger partial charge in [-0.1, -0.05) is 33.1 Å². The molecule has 192 valence electrons. The Labute approximate surface area is 234 Å². The van der Waals surface area contributed by atoms with E-state index >= 15 is 0 Å². The molecule has 1 aromatic rings. The number of hydrogen-bond acceptors (Lipinski definition) is 3. The molecule has 0 aromatic heterocycles. The van der Waals surface area contributed by atoms with Crippen molar-refractivity contribution in [3.63, 3.8) is 0 Å². The molecule has 2 fully saturated rings. The maximum absolute atomic E-state index is 13.1. The van der Waals surface area contributed by atoms with Crippen molar-refractivity contribution in [3.8, 4) is 0 Å². The highest BCUT2D eigenvalue weighted by atomic mass is 79.9. The lowest BCUT2D eigenvalue weighted by atomic mass is 9.73. The van der Waals surface area contributed by atoms with Crippen LogP contribution in [-0.2, 0) is 11.2 Å². The summed E-state index contributed by atoms with van der Waals surface area (Å²) in [5.41, 5.74) is 10.6. The van der Waals surface area contributed by atoms with Gasteiger partial charge in [0.05, 0.1) is 6.04 Å². The van der Waals surface area contributed by atoms with Crippen molar-refractivity contribution in [2.45, 2.75) is 50.5 Å². The molecule has 36 heavy (non-hydrogen) atoms. The van der Waals surface area contributed by atoms with Gasteiger partial charge in [0.2, 0.25) is 5.91 Å². The van der Waals surface area contributed by atoms with E-state index in [1.54, 1.807) is 11.0 Å². The summed E-state index contributed by atoms with van der Waals surface area (Å²) in [7, 11) is 0. The SMILES string of the molecule is NC(=O)N1CCC(=CC(=O)N2CCC([C@@H]3c4c(Br)cc(Cl)cc4CCC4=CC(Br)=CNC43)CC2)CC1. The van der Waals surface area contributed by atoms with Crippen molar-refractivity contribution in [1.82, 2.24) is 15.1 Å². The van der Waals surface area contributed by atoms with Crippen LogP contribution in [0.1, 0.15) is 49.1 Å². The minimum absolute atomic E-state index is 0.0912.